The van der Waals surface area contributed by atoms with Crippen LogP contribution in [0, 0.1) is 31.1 Å². The quantitative estimate of drug-likeness (QED) is 0.294. The molecule has 1 heterocycles. The van der Waals surface area contributed by atoms with Gasteiger partial charge in [0.2, 0.25) is 0 Å². The predicted molar refractivity (Wildman–Crippen MR) is 156 cm³/mol. The monoisotopic (exact) mass is 530 g/mol. The van der Waals surface area contributed by atoms with Crippen molar-refractivity contribution in [2.45, 2.75) is 74.1 Å². The van der Waals surface area contributed by atoms with Crippen LogP contribution in [0.1, 0.15) is 76.1 Å². The highest BCUT2D eigenvalue weighted by molar-refractivity contribution is 6.31. The van der Waals surface area contributed by atoms with Crippen molar-refractivity contribution in [2.75, 3.05) is 26.7 Å². The average molecular weight is 531 g/mol. The molecule has 0 bridgehead atoms. The Morgan fingerprint density at radius 3 is 2.22 bits per heavy atom. The van der Waals surface area contributed by atoms with Gasteiger partial charge in [0.25, 0.3) is 0 Å². The lowest BCUT2D eigenvalue weighted by Crippen LogP contribution is -2.12. The minimum atomic E-state index is -0.301. The highest BCUT2D eigenvalue weighted by Gasteiger charge is 2.13. The molecular weight excluding hydrogens is 484 g/mol. The molecule has 0 N–H and O–H groups in total. The molecule has 1 fully saturated rings. The third kappa shape index (κ3) is 19.1. The Kier molecular flexibility index (Phi) is 23.4. The van der Waals surface area contributed by atoms with Crippen molar-refractivity contribution in [2.24, 2.45) is 5.92 Å². The van der Waals surface area contributed by atoms with Crippen LogP contribution < -0.4 is 0 Å². The van der Waals surface area contributed by atoms with Crippen LogP contribution in [0.15, 0.2) is 42.5 Å². The molecule has 37 heavy (non-hydrogen) atoms. The van der Waals surface area contributed by atoms with Gasteiger partial charge in [-0.15, -0.1) is 0 Å². The number of aldehydes is 1. The highest BCUT2D eigenvalue weighted by atomic mass is 35.5. The second-order valence-corrected chi connectivity index (χ2v) is 8.95. The summed E-state index contributed by atoms with van der Waals surface area (Å²) < 4.78 is 4.55. The SMILES string of the molecule is CC.CC1CCN(C)C1.CCOC(=O)CCC=O.CCc1ccccc1C.Cc1ccc(C#N)c(Cl)c1. The number of halogens is 1. The first-order valence-corrected chi connectivity index (χ1v) is 13.5. The van der Waals surface area contributed by atoms with Gasteiger partial charge in [0, 0.05) is 13.0 Å². The molecule has 0 aliphatic carbocycles. The molecule has 206 valence electrons. The minimum absolute atomic E-state index is 0.206. The first-order valence-electron chi connectivity index (χ1n) is 13.2. The Labute approximate surface area is 230 Å². The molecule has 1 saturated heterocycles. The molecule has 0 amide bonds. The van der Waals surface area contributed by atoms with Crippen LogP contribution >= 0.6 is 11.6 Å². The van der Waals surface area contributed by atoms with Crippen molar-refractivity contribution in [3.05, 3.63) is 69.7 Å². The number of esters is 1. The summed E-state index contributed by atoms with van der Waals surface area (Å²) in [5, 5.41) is 9.00. The van der Waals surface area contributed by atoms with E-state index in [-0.39, 0.29) is 18.8 Å². The molecule has 2 aromatic rings. The van der Waals surface area contributed by atoms with E-state index in [0.29, 0.717) is 23.5 Å². The first kappa shape index (κ1) is 36.5. The maximum Gasteiger partial charge on any atom is 0.306 e. The van der Waals surface area contributed by atoms with Crippen LogP contribution in [-0.4, -0.2) is 43.9 Å². The summed E-state index contributed by atoms with van der Waals surface area (Å²) in [5.41, 5.74) is 4.47. The van der Waals surface area contributed by atoms with E-state index < -0.39 is 0 Å². The number of rotatable bonds is 5. The third-order valence-corrected chi connectivity index (χ3v) is 5.60. The van der Waals surface area contributed by atoms with Crippen LogP contribution in [0.25, 0.3) is 0 Å². The first-order chi connectivity index (χ1) is 17.7. The number of carbonyl (C=O) groups is 2. The largest absolute Gasteiger partial charge is 0.466 e. The van der Waals surface area contributed by atoms with Gasteiger partial charge < -0.3 is 14.4 Å². The van der Waals surface area contributed by atoms with Crippen molar-refractivity contribution in [1.29, 1.82) is 5.26 Å². The molecule has 3 rings (SSSR count). The normalized spacial score (nSPS) is 13.5. The van der Waals surface area contributed by atoms with Crippen LogP contribution in [0.2, 0.25) is 5.02 Å². The molecule has 1 atom stereocenters. The molecule has 0 saturated carbocycles. The Balaban J connectivity index is 0. The maximum atomic E-state index is 10.4. The molecule has 1 unspecified atom stereocenters. The lowest BCUT2D eigenvalue weighted by Gasteiger charge is -2.03. The highest BCUT2D eigenvalue weighted by Crippen LogP contribution is 2.15. The lowest BCUT2D eigenvalue weighted by atomic mass is 10.1. The number of hydrogen-bond donors (Lipinski definition) is 0. The van der Waals surface area contributed by atoms with Crippen LogP contribution in [0.5, 0.6) is 0 Å². The minimum Gasteiger partial charge on any atom is -0.466 e. The maximum absolute atomic E-state index is 10.4. The Hall–Kier alpha value is -2.68. The van der Waals surface area contributed by atoms with Crippen molar-refractivity contribution in [3.8, 4) is 6.07 Å². The second kappa shape index (κ2) is 23.7. The van der Waals surface area contributed by atoms with Gasteiger partial charge in [0.05, 0.1) is 23.6 Å². The fourth-order valence-corrected chi connectivity index (χ4v) is 3.56. The van der Waals surface area contributed by atoms with E-state index in [4.69, 9.17) is 16.9 Å². The summed E-state index contributed by atoms with van der Waals surface area (Å²) in [6.07, 6.45) is 3.72. The number of aryl methyl sites for hydroxylation is 3. The van der Waals surface area contributed by atoms with E-state index >= 15 is 0 Å². The summed E-state index contributed by atoms with van der Waals surface area (Å²) in [4.78, 5) is 22.5. The van der Waals surface area contributed by atoms with E-state index in [0.717, 1.165) is 17.9 Å². The number of benzene rings is 2. The van der Waals surface area contributed by atoms with Gasteiger partial charge in [-0.3, -0.25) is 4.79 Å². The Morgan fingerprint density at radius 1 is 1.19 bits per heavy atom. The standard InChI is InChI=1S/C9H12.C8H6ClN.C6H13N.C6H10O3.C2H6/c1-3-9-7-5-4-6-8(9)2;1-6-2-3-7(5-10)8(9)4-6;1-6-3-4-7(2)5-6;1-2-9-6(8)4-3-5-7;1-2/h4-7H,3H2,1-2H3;2-4H,1H3;6H,3-5H2,1-2H3;5H,2-4H2,1H3;1-2H3. The molecule has 1 aliphatic rings. The molecule has 2 aromatic carbocycles. The van der Waals surface area contributed by atoms with Gasteiger partial charge in [-0.25, -0.2) is 0 Å². The summed E-state index contributed by atoms with van der Waals surface area (Å²) >= 11 is 5.71. The van der Waals surface area contributed by atoms with Gasteiger partial charge in [-0.2, -0.15) is 5.26 Å². The fraction of sp³-hybridized carbons (Fsp3) is 0.516. The molecular formula is C31H47ClN2O3. The molecule has 0 aromatic heterocycles. The molecule has 0 spiro atoms. The zero-order chi connectivity index (χ0) is 28.6. The van der Waals surface area contributed by atoms with Gasteiger partial charge in [-0.1, -0.05) is 69.6 Å². The van der Waals surface area contributed by atoms with Gasteiger partial charge >= 0.3 is 5.97 Å². The zero-order valence-electron chi connectivity index (χ0n) is 24.1. The van der Waals surface area contributed by atoms with E-state index in [9.17, 15) is 9.59 Å². The molecule has 0 radical (unpaired) electrons. The smallest absolute Gasteiger partial charge is 0.306 e. The summed E-state index contributed by atoms with van der Waals surface area (Å²) in [7, 11) is 2.18. The summed E-state index contributed by atoms with van der Waals surface area (Å²) in [6.45, 7) is 17.3. The van der Waals surface area contributed by atoms with Crippen molar-refractivity contribution in [1.82, 2.24) is 4.90 Å². The predicted octanol–water partition coefficient (Wildman–Crippen LogP) is 7.59. The number of carbonyl (C=O) groups excluding carboxylic acids is 2. The summed E-state index contributed by atoms with van der Waals surface area (Å²) in [5.74, 6) is 0.648. The number of likely N-dealkylation sites (tertiary alicyclic amines) is 1. The fourth-order valence-electron chi connectivity index (χ4n) is 3.28. The Bertz CT molecular complexity index is 917. The zero-order valence-corrected chi connectivity index (χ0v) is 24.9. The topological polar surface area (TPSA) is 70.4 Å². The Morgan fingerprint density at radius 2 is 1.84 bits per heavy atom. The number of nitrogens with zero attached hydrogens (tertiary/aromatic N) is 2. The van der Waals surface area contributed by atoms with E-state index in [1.165, 1.54) is 30.6 Å². The van der Waals surface area contributed by atoms with Gasteiger partial charge in [0.15, 0.2) is 0 Å². The van der Waals surface area contributed by atoms with Gasteiger partial charge in [0.1, 0.15) is 12.4 Å². The van der Waals surface area contributed by atoms with Gasteiger partial charge in [-0.05, 0) is 81.9 Å². The van der Waals surface area contributed by atoms with Crippen LogP contribution in [-0.2, 0) is 20.7 Å². The van der Waals surface area contributed by atoms with E-state index in [1.807, 2.05) is 32.9 Å². The third-order valence-electron chi connectivity index (χ3n) is 5.29. The van der Waals surface area contributed by atoms with Crippen molar-refractivity contribution < 1.29 is 14.3 Å². The van der Waals surface area contributed by atoms with Crippen molar-refractivity contribution >= 4 is 23.9 Å². The molecule has 1 aliphatic heterocycles. The summed E-state index contributed by atoms with van der Waals surface area (Å²) in [6, 6.07) is 15.8. The molecule has 6 heteroatoms. The molecule has 5 nitrogen and oxygen atoms in total. The number of nitriles is 1. The van der Waals surface area contributed by atoms with Crippen LogP contribution in [0.4, 0.5) is 0 Å². The van der Waals surface area contributed by atoms with Crippen molar-refractivity contribution in [3.63, 3.8) is 0 Å². The number of ether oxygens (including phenoxy) is 1. The van der Waals surface area contributed by atoms with E-state index in [1.54, 1.807) is 19.1 Å². The van der Waals surface area contributed by atoms with E-state index in [2.05, 4.69) is 61.7 Å². The number of hydrogen-bond acceptors (Lipinski definition) is 5. The van der Waals surface area contributed by atoms with Crippen LogP contribution in [0.3, 0.4) is 0 Å². The average Bonchev–Trinajstić information content (AvgIpc) is 3.28. The lowest BCUT2D eigenvalue weighted by molar-refractivity contribution is -0.143. The second-order valence-electron chi connectivity index (χ2n) is 8.54.